The van der Waals surface area contributed by atoms with Gasteiger partial charge in [0.2, 0.25) is 0 Å². The standard InChI is InChI=1S/C13H18N2/c1-10-6-7-12(9-11(10)2)15-13-5-3-4-8-14-13/h6-7,9H,3-5,8H2,1-2H3,(H,14,15). The van der Waals surface area contributed by atoms with Gasteiger partial charge in [0.1, 0.15) is 5.84 Å². The lowest BCUT2D eigenvalue weighted by molar-refractivity contribution is 0.737. The van der Waals surface area contributed by atoms with E-state index in [0.717, 1.165) is 18.8 Å². The number of aliphatic imine (C=N–C) groups is 1. The predicted molar refractivity (Wildman–Crippen MR) is 65.7 cm³/mol. The summed E-state index contributed by atoms with van der Waals surface area (Å²) < 4.78 is 0. The number of hydrogen-bond acceptors (Lipinski definition) is 2. The molecular weight excluding hydrogens is 184 g/mol. The van der Waals surface area contributed by atoms with Gasteiger partial charge in [0.25, 0.3) is 0 Å². The van der Waals surface area contributed by atoms with Crippen LogP contribution in [-0.4, -0.2) is 12.4 Å². The average molecular weight is 202 g/mol. The molecule has 2 rings (SSSR count). The molecule has 1 aromatic rings. The van der Waals surface area contributed by atoms with Gasteiger partial charge in [0.05, 0.1) is 0 Å². The largest absolute Gasteiger partial charge is 0.344 e. The van der Waals surface area contributed by atoms with Gasteiger partial charge in [0.15, 0.2) is 0 Å². The molecule has 0 radical (unpaired) electrons. The number of amidine groups is 1. The molecule has 0 aliphatic carbocycles. The summed E-state index contributed by atoms with van der Waals surface area (Å²) in [5, 5.41) is 3.40. The number of anilines is 1. The van der Waals surface area contributed by atoms with Crippen molar-refractivity contribution in [3.8, 4) is 0 Å². The van der Waals surface area contributed by atoms with E-state index in [2.05, 4.69) is 42.4 Å². The van der Waals surface area contributed by atoms with Gasteiger partial charge in [-0.05, 0) is 49.9 Å². The van der Waals surface area contributed by atoms with E-state index in [-0.39, 0.29) is 0 Å². The normalized spacial score (nSPS) is 16.0. The van der Waals surface area contributed by atoms with Gasteiger partial charge in [-0.1, -0.05) is 6.07 Å². The van der Waals surface area contributed by atoms with Crippen LogP contribution in [0.1, 0.15) is 30.4 Å². The minimum absolute atomic E-state index is 0.979. The summed E-state index contributed by atoms with van der Waals surface area (Å²) in [7, 11) is 0. The molecule has 0 fully saturated rings. The molecule has 1 N–H and O–H groups in total. The minimum Gasteiger partial charge on any atom is -0.344 e. The first-order valence-electron chi connectivity index (χ1n) is 5.63. The second kappa shape index (κ2) is 4.47. The fourth-order valence-corrected chi connectivity index (χ4v) is 1.79. The van der Waals surface area contributed by atoms with E-state index < -0.39 is 0 Å². The maximum absolute atomic E-state index is 4.48. The molecule has 0 unspecified atom stereocenters. The fourth-order valence-electron chi connectivity index (χ4n) is 1.79. The Balaban J connectivity index is 2.10. The van der Waals surface area contributed by atoms with Crippen LogP contribution in [0, 0.1) is 13.8 Å². The lowest BCUT2D eigenvalue weighted by Gasteiger charge is -2.14. The summed E-state index contributed by atoms with van der Waals surface area (Å²) in [6, 6.07) is 6.47. The van der Waals surface area contributed by atoms with Gasteiger partial charge in [0, 0.05) is 18.7 Å². The molecule has 0 spiro atoms. The van der Waals surface area contributed by atoms with E-state index in [0.29, 0.717) is 0 Å². The molecule has 0 aromatic heterocycles. The minimum atomic E-state index is 0.979. The van der Waals surface area contributed by atoms with Gasteiger partial charge in [-0.3, -0.25) is 4.99 Å². The molecule has 1 aliphatic rings. The second-order valence-electron chi connectivity index (χ2n) is 4.21. The summed E-state index contributed by atoms with van der Waals surface area (Å²) in [6.45, 7) is 5.26. The Hall–Kier alpha value is -1.31. The highest BCUT2D eigenvalue weighted by Crippen LogP contribution is 2.16. The van der Waals surface area contributed by atoms with Crippen LogP contribution in [-0.2, 0) is 0 Å². The zero-order chi connectivity index (χ0) is 10.7. The van der Waals surface area contributed by atoms with Crippen molar-refractivity contribution >= 4 is 11.5 Å². The molecule has 0 bridgehead atoms. The van der Waals surface area contributed by atoms with E-state index in [1.54, 1.807) is 0 Å². The third kappa shape index (κ3) is 2.58. The Morgan fingerprint density at radius 2 is 2.00 bits per heavy atom. The van der Waals surface area contributed by atoms with Crippen LogP contribution >= 0.6 is 0 Å². The van der Waals surface area contributed by atoms with E-state index in [9.17, 15) is 0 Å². The number of aryl methyl sites for hydroxylation is 2. The molecular formula is C13H18N2. The molecule has 2 nitrogen and oxygen atoms in total. The summed E-state index contributed by atoms with van der Waals surface area (Å²) >= 11 is 0. The third-order valence-electron chi connectivity index (χ3n) is 2.92. The maximum atomic E-state index is 4.48. The highest BCUT2D eigenvalue weighted by molar-refractivity contribution is 5.95. The van der Waals surface area contributed by atoms with Crippen molar-refractivity contribution in [3.05, 3.63) is 29.3 Å². The van der Waals surface area contributed by atoms with Gasteiger partial charge < -0.3 is 5.32 Å². The first kappa shape index (κ1) is 10.2. The Morgan fingerprint density at radius 1 is 1.13 bits per heavy atom. The second-order valence-corrected chi connectivity index (χ2v) is 4.21. The maximum Gasteiger partial charge on any atom is 0.101 e. The summed E-state index contributed by atoms with van der Waals surface area (Å²) in [6.07, 6.45) is 3.59. The Kier molecular flexibility index (Phi) is 3.05. The highest BCUT2D eigenvalue weighted by Gasteiger charge is 2.05. The molecule has 1 aliphatic heterocycles. The SMILES string of the molecule is Cc1ccc(NC2=NCCCC2)cc1C. The fraction of sp³-hybridized carbons (Fsp3) is 0.462. The molecule has 0 saturated carbocycles. The van der Waals surface area contributed by atoms with Crippen LogP contribution in [0.4, 0.5) is 5.69 Å². The van der Waals surface area contributed by atoms with Crippen molar-refractivity contribution in [2.24, 2.45) is 4.99 Å². The number of nitrogens with zero attached hydrogens (tertiary/aromatic N) is 1. The molecule has 1 aromatic carbocycles. The van der Waals surface area contributed by atoms with E-state index in [1.165, 1.54) is 29.7 Å². The van der Waals surface area contributed by atoms with Gasteiger partial charge in [-0.2, -0.15) is 0 Å². The number of benzene rings is 1. The van der Waals surface area contributed by atoms with E-state index in [1.807, 2.05) is 0 Å². The molecule has 0 atom stereocenters. The Labute approximate surface area is 91.4 Å². The quantitative estimate of drug-likeness (QED) is 0.742. The molecule has 0 amide bonds. The van der Waals surface area contributed by atoms with Crippen molar-refractivity contribution in [1.29, 1.82) is 0 Å². The van der Waals surface area contributed by atoms with Crippen molar-refractivity contribution in [1.82, 2.24) is 0 Å². The Morgan fingerprint density at radius 3 is 2.67 bits per heavy atom. The van der Waals surface area contributed by atoms with Crippen LogP contribution in [0.15, 0.2) is 23.2 Å². The van der Waals surface area contributed by atoms with Crippen molar-refractivity contribution in [2.75, 3.05) is 11.9 Å². The predicted octanol–water partition coefficient (Wildman–Crippen LogP) is 3.30. The van der Waals surface area contributed by atoms with Gasteiger partial charge in [-0.15, -0.1) is 0 Å². The van der Waals surface area contributed by atoms with Crippen LogP contribution in [0.25, 0.3) is 0 Å². The zero-order valence-electron chi connectivity index (χ0n) is 9.51. The molecule has 80 valence electrons. The van der Waals surface area contributed by atoms with Crippen molar-refractivity contribution < 1.29 is 0 Å². The Bertz CT molecular complexity index is 380. The van der Waals surface area contributed by atoms with Crippen LogP contribution < -0.4 is 5.32 Å². The molecule has 0 saturated heterocycles. The van der Waals surface area contributed by atoms with Gasteiger partial charge >= 0.3 is 0 Å². The van der Waals surface area contributed by atoms with Gasteiger partial charge in [-0.25, -0.2) is 0 Å². The number of rotatable bonds is 1. The lowest BCUT2D eigenvalue weighted by Crippen LogP contribution is -2.16. The monoisotopic (exact) mass is 202 g/mol. The summed E-state index contributed by atoms with van der Waals surface area (Å²) in [5.74, 6) is 1.14. The first-order valence-corrected chi connectivity index (χ1v) is 5.63. The smallest absolute Gasteiger partial charge is 0.101 e. The highest BCUT2D eigenvalue weighted by atomic mass is 15.0. The summed E-state index contributed by atoms with van der Waals surface area (Å²) in [5.41, 5.74) is 3.83. The van der Waals surface area contributed by atoms with Crippen LogP contribution in [0.5, 0.6) is 0 Å². The average Bonchev–Trinajstić information content (AvgIpc) is 2.25. The van der Waals surface area contributed by atoms with E-state index in [4.69, 9.17) is 0 Å². The zero-order valence-corrected chi connectivity index (χ0v) is 9.51. The topological polar surface area (TPSA) is 24.4 Å². The van der Waals surface area contributed by atoms with Crippen molar-refractivity contribution in [2.45, 2.75) is 33.1 Å². The lowest BCUT2D eigenvalue weighted by atomic mass is 10.1. The molecule has 2 heteroatoms. The molecule has 15 heavy (non-hydrogen) atoms. The number of nitrogens with one attached hydrogen (secondary N) is 1. The third-order valence-corrected chi connectivity index (χ3v) is 2.92. The van der Waals surface area contributed by atoms with Crippen molar-refractivity contribution in [3.63, 3.8) is 0 Å². The number of hydrogen-bond donors (Lipinski definition) is 1. The summed E-state index contributed by atoms with van der Waals surface area (Å²) in [4.78, 5) is 4.48. The molecule has 1 heterocycles. The van der Waals surface area contributed by atoms with E-state index >= 15 is 0 Å². The van der Waals surface area contributed by atoms with Crippen LogP contribution in [0.3, 0.4) is 0 Å². The first-order chi connectivity index (χ1) is 7.25. The van der Waals surface area contributed by atoms with Crippen LogP contribution in [0.2, 0.25) is 0 Å².